The van der Waals surface area contributed by atoms with Gasteiger partial charge in [0.15, 0.2) is 0 Å². The fourth-order valence-corrected chi connectivity index (χ4v) is 1.94. The van der Waals surface area contributed by atoms with E-state index in [1.807, 2.05) is 24.3 Å². The van der Waals surface area contributed by atoms with Crippen LogP contribution in [0.2, 0.25) is 0 Å². The molecule has 0 amide bonds. The summed E-state index contributed by atoms with van der Waals surface area (Å²) in [5, 5.41) is 10.9. The summed E-state index contributed by atoms with van der Waals surface area (Å²) < 4.78 is 5.79. The van der Waals surface area contributed by atoms with Crippen molar-refractivity contribution in [2.75, 3.05) is 0 Å². The first kappa shape index (κ1) is 14.0. The zero-order valence-corrected chi connectivity index (χ0v) is 11.4. The van der Waals surface area contributed by atoms with Crippen LogP contribution in [0.1, 0.15) is 16.7 Å². The van der Waals surface area contributed by atoms with Crippen molar-refractivity contribution in [3.8, 4) is 11.5 Å². The predicted octanol–water partition coefficient (Wildman–Crippen LogP) is 3.46. The van der Waals surface area contributed by atoms with Crippen LogP contribution in [-0.4, -0.2) is 4.92 Å². The number of ether oxygens (including phenoxy) is 1. The van der Waals surface area contributed by atoms with Gasteiger partial charge in [-0.1, -0.05) is 12.1 Å². The van der Waals surface area contributed by atoms with Gasteiger partial charge in [-0.15, -0.1) is 0 Å². The molecular formula is C15H16N2O3. The number of aryl methyl sites for hydroxylation is 2. The Kier molecular flexibility index (Phi) is 4.00. The highest BCUT2D eigenvalue weighted by atomic mass is 16.6. The highest BCUT2D eigenvalue weighted by molar-refractivity contribution is 5.50. The number of hydrogen-bond donors (Lipinski definition) is 1. The maximum Gasteiger partial charge on any atom is 0.272 e. The third-order valence-corrected chi connectivity index (χ3v) is 3.05. The summed E-state index contributed by atoms with van der Waals surface area (Å²) in [4.78, 5) is 10.5. The molecule has 0 saturated heterocycles. The summed E-state index contributed by atoms with van der Waals surface area (Å²) in [6.07, 6.45) is 0. The van der Waals surface area contributed by atoms with Gasteiger partial charge in [0.2, 0.25) is 0 Å². The number of nitrogens with two attached hydrogens (primary N) is 1. The predicted molar refractivity (Wildman–Crippen MR) is 77.0 cm³/mol. The van der Waals surface area contributed by atoms with E-state index in [0.717, 1.165) is 11.1 Å². The van der Waals surface area contributed by atoms with E-state index in [-0.39, 0.29) is 10.6 Å². The monoisotopic (exact) mass is 272 g/mol. The van der Waals surface area contributed by atoms with Gasteiger partial charge in [-0.25, -0.2) is 0 Å². The summed E-state index contributed by atoms with van der Waals surface area (Å²) >= 11 is 0. The number of hydrogen-bond acceptors (Lipinski definition) is 4. The first-order valence-corrected chi connectivity index (χ1v) is 6.23. The van der Waals surface area contributed by atoms with Crippen molar-refractivity contribution in [3.05, 3.63) is 63.2 Å². The van der Waals surface area contributed by atoms with Gasteiger partial charge in [0, 0.05) is 18.2 Å². The van der Waals surface area contributed by atoms with Crippen molar-refractivity contribution >= 4 is 5.69 Å². The normalized spacial score (nSPS) is 10.3. The quantitative estimate of drug-likeness (QED) is 0.682. The van der Waals surface area contributed by atoms with Gasteiger partial charge in [0.1, 0.15) is 11.5 Å². The Labute approximate surface area is 117 Å². The summed E-state index contributed by atoms with van der Waals surface area (Å²) in [7, 11) is 0. The zero-order chi connectivity index (χ0) is 14.7. The van der Waals surface area contributed by atoms with Gasteiger partial charge in [0.25, 0.3) is 5.69 Å². The van der Waals surface area contributed by atoms with E-state index in [0.29, 0.717) is 23.6 Å². The molecule has 0 aliphatic carbocycles. The molecule has 0 aliphatic rings. The molecule has 0 aliphatic heterocycles. The molecule has 0 aromatic heterocycles. The maximum absolute atomic E-state index is 10.9. The van der Waals surface area contributed by atoms with E-state index in [1.54, 1.807) is 19.9 Å². The minimum Gasteiger partial charge on any atom is -0.457 e. The minimum atomic E-state index is -0.388. The van der Waals surface area contributed by atoms with E-state index in [9.17, 15) is 10.1 Å². The molecule has 0 fully saturated rings. The van der Waals surface area contributed by atoms with E-state index in [4.69, 9.17) is 10.5 Å². The lowest BCUT2D eigenvalue weighted by molar-refractivity contribution is -0.385. The highest BCUT2D eigenvalue weighted by Gasteiger charge is 2.14. The summed E-state index contributed by atoms with van der Waals surface area (Å²) in [6, 6.07) is 10.7. The Balaban J connectivity index is 2.34. The lowest BCUT2D eigenvalue weighted by Crippen LogP contribution is -1.97. The third-order valence-electron chi connectivity index (χ3n) is 3.05. The van der Waals surface area contributed by atoms with Gasteiger partial charge < -0.3 is 10.5 Å². The van der Waals surface area contributed by atoms with Crippen LogP contribution in [0.4, 0.5) is 5.69 Å². The second kappa shape index (κ2) is 5.71. The summed E-state index contributed by atoms with van der Waals surface area (Å²) in [6.45, 7) is 3.92. The highest BCUT2D eigenvalue weighted by Crippen LogP contribution is 2.31. The second-order valence-electron chi connectivity index (χ2n) is 4.61. The number of nitrogens with zero attached hydrogens (tertiary/aromatic N) is 1. The molecule has 5 nitrogen and oxygen atoms in total. The van der Waals surface area contributed by atoms with Crippen LogP contribution in [0.25, 0.3) is 0 Å². The fraction of sp³-hybridized carbons (Fsp3) is 0.200. The van der Waals surface area contributed by atoms with Crippen molar-refractivity contribution in [3.63, 3.8) is 0 Å². The third kappa shape index (κ3) is 2.95. The number of nitro groups is 1. The van der Waals surface area contributed by atoms with Crippen molar-refractivity contribution in [1.82, 2.24) is 0 Å². The van der Waals surface area contributed by atoms with E-state index < -0.39 is 0 Å². The van der Waals surface area contributed by atoms with Crippen LogP contribution in [0.5, 0.6) is 11.5 Å². The van der Waals surface area contributed by atoms with Gasteiger partial charge in [-0.05, 0) is 43.2 Å². The minimum absolute atomic E-state index is 0.102. The SMILES string of the molecule is Cc1cc([N+](=O)[O-])c(C)cc1Oc1cccc(CN)c1. The Morgan fingerprint density at radius 3 is 2.60 bits per heavy atom. The molecule has 2 aromatic rings. The van der Waals surface area contributed by atoms with Crippen molar-refractivity contribution in [1.29, 1.82) is 0 Å². The molecule has 0 saturated carbocycles. The standard InChI is InChI=1S/C15H16N2O3/c1-10-7-15(11(2)6-14(10)17(18)19)20-13-5-3-4-12(8-13)9-16/h3-8H,9,16H2,1-2H3. The largest absolute Gasteiger partial charge is 0.457 e. The number of nitro benzene ring substituents is 1. The van der Waals surface area contributed by atoms with Gasteiger partial charge >= 0.3 is 0 Å². The summed E-state index contributed by atoms with van der Waals surface area (Å²) in [5.74, 6) is 1.28. The molecule has 5 heteroatoms. The van der Waals surface area contributed by atoms with Gasteiger partial charge in [0.05, 0.1) is 4.92 Å². The lowest BCUT2D eigenvalue weighted by Gasteiger charge is -2.10. The van der Waals surface area contributed by atoms with Crippen LogP contribution in [0, 0.1) is 24.0 Å². The lowest BCUT2D eigenvalue weighted by atomic mass is 10.1. The molecule has 104 valence electrons. The van der Waals surface area contributed by atoms with Crippen LogP contribution in [0.3, 0.4) is 0 Å². The molecule has 2 aromatic carbocycles. The molecule has 0 heterocycles. The van der Waals surface area contributed by atoms with Crippen LogP contribution >= 0.6 is 0 Å². The topological polar surface area (TPSA) is 78.4 Å². The van der Waals surface area contributed by atoms with Crippen LogP contribution in [-0.2, 0) is 6.54 Å². The molecular weight excluding hydrogens is 256 g/mol. The molecule has 0 radical (unpaired) electrons. The first-order chi connectivity index (χ1) is 9.51. The average Bonchev–Trinajstić information content (AvgIpc) is 2.42. The van der Waals surface area contributed by atoms with Crippen molar-refractivity contribution in [2.24, 2.45) is 5.73 Å². The molecule has 2 N–H and O–H groups in total. The maximum atomic E-state index is 10.9. The Morgan fingerprint density at radius 2 is 1.95 bits per heavy atom. The number of rotatable bonds is 4. The molecule has 20 heavy (non-hydrogen) atoms. The van der Waals surface area contributed by atoms with E-state index in [1.165, 1.54) is 6.07 Å². The van der Waals surface area contributed by atoms with Gasteiger partial charge in [-0.3, -0.25) is 10.1 Å². The Bertz CT molecular complexity index is 654. The van der Waals surface area contributed by atoms with E-state index in [2.05, 4.69) is 0 Å². The van der Waals surface area contributed by atoms with Crippen LogP contribution in [0.15, 0.2) is 36.4 Å². The molecule has 0 atom stereocenters. The molecule has 2 rings (SSSR count). The fourth-order valence-electron chi connectivity index (χ4n) is 1.94. The number of benzene rings is 2. The van der Waals surface area contributed by atoms with Crippen LogP contribution < -0.4 is 10.5 Å². The van der Waals surface area contributed by atoms with Gasteiger partial charge in [-0.2, -0.15) is 0 Å². The average molecular weight is 272 g/mol. The second-order valence-corrected chi connectivity index (χ2v) is 4.61. The van der Waals surface area contributed by atoms with Crippen molar-refractivity contribution in [2.45, 2.75) is 20.4 Å². The van der Waals surface area contributed by atoms with Crippen molar-refractivity contribution < 1.29 is 9.66 Å². The Hall–Kier alpha value is -2.40. The molecule has 0 spiro atoms. The van der Waals surface area contributed by atoms with E-state index >= 15 is 0 Å². The molecule has 0 bridgehead atoms. The smallest absolute Gasteiger partial charge is 0.272 e. The first-order valence-electron chi connectivity index (χ1n) is 6.23. The summed E-state index contributed by atoms with van der Waals surface area (Å²) in [5.41, 5.74) is 7.96. The zero-order valence-electron chi connectivity index (χ0n) is 11.4. The molecule has 0 unspecified atom stereocenters. The Morgan fingerprint density at radius 1 is 1.20 bits per heavy atom.